The normalized spacial score (nSPS) is 15.3. The molecule has 2 aromatic rings. The minimum atomic E-state index is -0.209. The lowest BCUT2D eigenvalue weighted by Crippen LogP contribution is -2.28. The molecule has 0 bridgehead atoms. The molecule has 0 saturated carbocycles. The molecule has 0 spiro atoms. The lowest BCUT2D eigenvalue weighted by atomic mass is 10.1. The summed E-state index contributed by atoms with van der Waals surface area (Å²) in [5.74, 6) is 0.520. The largest absolute Gasteiger partial charge is 0.493 e. The van der Waals surface area contributed by atoms with Crippen LogP contribution in [0.1, 0.15) is 37.6 Å². The van der Waals surface area contributed by atoms with E-state index in [1.54, 1.807) is 30.5 Å². The highest BCUT2D eigenvalue weighted by molar-refractivity contribution is 8.00. The molecule has 0 aromatic heterocycles. The zero-order valence-electron chi connectivity index (χ0n) is 15.5. The van der Waals surface area contributed by atoms with Crippen LogP contribution in [0.3, 0.4) is 0 Å². The predicted octanol–water partition coefficient (Wildman–Crippen LogP) is 4.57. The smallest absolute Gasteiger partial charge is 0.305 e. The number of carbonyl (C=O) groups is 2. The molecule has 1 atom stereocenters. The maximum Gasteiger partial charge on any atom is 0.305 e. The van der Waals surface area contributed by atoms with Crippen LogP contribution in [0.15, 0.2) is 53.4 Å². The minimum absolute atomic E-state index is 0.00503. The lowest BCUT2D eigenvalue weighted by Gasteiger charge is -2.25. The van der Waals surface area contributed by atoms with Crippen LogP contribution in [0.5, 0.6) is 5.75 Å². The lowest BCUT2D eigenvalue weighted by molar-refractivity contribution is -0.143. The van der Waals surface area contributed by atoms with E-state index in [4.69, 9.17) is 9.47 Å². The molecule has 1 aliphatic heterocycles. The molecule has 3 rings (SSSR count). The first-order valence-electron chi connectivity index (χ1n) is 9.04. The number of benzene rings is 2. The summed E-state index contributed by atoms with van der Waals surface area (Å²) in [6.45, 7) is 4.18. The summed E-state index contributed by atoms with van der Waals surface area (Å²) < 4.78 is 10.9. The number of amides is 1. The number of nitrogens with zero attached hydrogens (tertiary/aromatic N) is 1. The number of anilines is 1. The van der Waals surface area contributed by atoms with Gasteiger partial charge in [-0.15, -0.1) is 0 Å². The molecule has 0 saturated heterocycles. The van der Waals surface area contributed by atoms with Crippen molar-refractivity contribution in [3.8, 4) is 5.75 Å². The van der Waals surface area contributed by atoms with Crippen LogP contribution < -0.4 is 9.64 Å². The number of para-hydroxylation sites is 2. The van der Waals surface area contributed by atoms with E-state index < -0.39 is 0 Å². The third kappa shape index (κ3) is 4.45. The minimum Gasteiger partial charge on any atom is -0.493 e. The fourth-order valence-electron chi connectivity index (χ4n) is 3.04. The fourth-order valence-corrected chi connectivity index (χ4v) is 4.41. The van der Waals surface area contributed by atoms with Gasteiger partial charge in [0, 0.05) is 23.8 Å². The van der Waals surface area contributed by atoms with Gasteiger partial charge in [0.25, 0.3) is 0 Å². The van der Waals surface area contributed by atoms with Crippen molar-refractivity contribution in [1.29, 1.82) is 0 Å². The Morgan fingerprint density at radius 3 is 2.63 bits per heavy atom. The third-order valence-electron chi connectivity index (χ3n) is 4.21. The van der Waals surface area contributed by atoms with Gasteiger partial charge in [-0.05, 0) is 31.5 Å². The Morgan fingerprint density at radius 2 is 1.85 bits per heavy atom. The molecule has 0 fully saturated rings. The van der Waals surface area contributed by atoms with Gasteiger partial charge in [-0.1, -0.05) is 42.1 Å². The molecule has 0 radical (unpaired) electrons. The van der Waals surface area contributed by atoms with Crippen molar-refractivity contribution in [2.24, 2.45) is 0 Å². The summed E-state index contributed by atoms with van der Waals surface area (Å²) in [6, 6.07) is 15.7. The van der Waals surface area contributed by atoms with Gasteiger partial charge in [0.15, 0.2) is 0 Å². The SMILES string of the molecule is CCOC(=O)CCCOc1ccccc1C1Sc2ccccc2N1C(C)=O. The summed E-state index contributed by atoms with van der Waals surface area (Å²) in [5, 5.41) is -0.166. The van der Waals surface area contributed by atoms with Crippen LogP contribution in [-0.2, 0) is 14.3 Å². The highest BCUT2D eigenvalue weighted by Crippen LogP contribution is 2.52. The van der Waals surface area contributed by atoms with E-state index in [2.05, 4.69) is 0 Å². The van der Waals surface area contributed by atoms with E-state index in [0.717, 1.165) is 21.9 Å². The number of fused-ring (bicyclic) bond motifs is 1. The van der Waals surface area contributed by atoms with Crippen LogP contribution in [-0.4, -0.2) is 25.1 Å². The summed E-state index contributed by atoms with van der Waals surface area (Å²) in [6.07, 6.45) is 0.917. The van der Waals surface area contributed by atoms with Gasteiger partial charge in [-0.2, -0.15) is 0 Å². The van der Waals surface area contributed by atoms with Crippen LogP contribution in [0, 0.1) is 0 Å². The molecule has 1 amide bonds. The Labute approximate surface area is 163 Å². The molecule has 0 N–H and O–H groups in total. The zero-order valence-corrected chi connectivity index (χ0v) is 16.3. The molecule has 1 heterocycles. The molecule has 1 unspecified atom stereocenters. The van der Waals surface area contributed by atoms with E-state index in [0.29, 0.717) is 26.1 Å². The van der Waals surface area contributed by atoms with E-state index in [9.17, 15) is 9.59 Å². The second kappa shape index (κ2) is 8.95. The maximum absolute atomic E-state index is 12.3. The molecule has 6 heteroatoms. The Kier molecular flexibility index (Phi) is 6.40. The molecule has 2 aromatic carbocycles. The van der Waals surface area contributed by atoms with Crippen molar-refractivity contribution < 1.29 is 19.1 Å². The van der Waals surface area contributed by atoms with Gasteiger partial charge in [0.05, 0.1) is 18.9 Å². The second-order valence-electron chi connectivity index (χ2n) is 6.12. The molecule has 142 valence electrons. The van der Waals surface area contributed by atoms with Gasteiger partial charge in [0.2, 0.25) is 5.91 Å². The van der Waals surface area contributed by atoms with Crippen molar-refractivity contribution in [2.75, 3.05) is 18.1 Å². The van der Waals surface area contributed by atoms with E-state index >= 15 is 0 Å². The molecular weight excluding hydrogens is 362 g/mol. The Morgan fingerprint density at radius 1 is 1.11 bits per heavy atom. The van der Waals surface area contributed by atoms with Gasteiger partial charge in [0.1, 0.15) is 11.1 Å². The Bertz CT molecular complexity index is 823. The standard InChI is InChI=1S/C21H23NO4S/c1-3-25-20(24)13-8-14-26-18-11-6-4-9-16(18)21-22(15(2)23)17-10-5-7-12-19(17)27-21/h4-7,9-12,21H,3,8,13-14H2,1-2H3. The first-order chi connectivity index (χ1) is 13.1. The van der Waals surface area contributed by atoms with Gasteiger partial charge < -0.3 is 9.47 Å². The van der Waals surface area contributed by atoms with Crippen LogP contribution >= 0.6 is 11.8 Å². The summed E-state index contributed by atoms with van der Waals surface area (Å²) in [5.41, 5.74) is 1.88. The van der Waals surface area contributed by atoms with Gasteiger partial charge >= 0.3 is 5.97 Å². The van der Waals surface area contributed by atoms with E-state index in [-0.39, 0.29) is 17.3 Å². The number of hydrogen-bond acceptors (Lipinski definition) is 5. The number of thioether (sulfide) groups is 1. The molecule has 1 aliphatic rings. The Hall–Kier alpha value is -2.47. The molecule has 27 heavy (non-hydrogen) atoms. The van der Waals surface area contributed by atoms with E-state index in [1.807, 2.05) is 48.5 Å². The van der Waals surface area contributed by atoms with Gasteiger partial charge in [-0.25, -0.2) is 0 Å². The monoisotopic (exact) mass is 385 g/mol. The Balaban J connectivity index is 1.74. The van der Waals surface area contributed by atoms with Crippen LogP contribution in [0.2, 0.25) is 0 Å². The predicted molar refractivity (Wildman–Crippen MR) is 106 cm³/mol. The fraction of sp³-hybridized carbons (Fsp3) is 0.333. The van der Waals surface area contributed by atoms with Crippen molar-refractivity contribution in [2.45, 2.75) is 37.0 Å². The summed E-state index contributed by atoms with van der Waals surface area (Å²) >= 11 is 1.64. The first-order valence-corrected chi connectivity index (χ1v) is 9.92. The van der Waals surface area contributed by atoms with Crippen molar-refractivity contribution in [3.63, 3.8) is 0 Å². The topological polar surface area (TPSA) is 55.8 Å². The average Bonchev–Trinajstić information content (AvgIpc) is 3.05. The number of esters is 1. The zero-order chi connectivity index (χ0) is 19.2. The first kappa shape index (κ1) is 19.3. The van der Waals surface area contributed by atoms with Crippen molar-refractivity contribution in [3.05, 3.63) is 54.1 Å². The second-order valence-corrected chi connectivity index (χ2v) is 7.24. The molecule has 5 nitrogen and oxygen atoms in total. The summed E-state index contributed by atoms with van der Waals surface area (Å²) in [4.78, 5) is 26.7. The van der Waals surface area contributed by atoms with Crippen molar-refractivity contribution >= 4 is 29.3 Å². The third-order valence-corrected chi connectivity index (χ3v) is 5.50. The summed E-state index contributed by atoms with van der Waals surface area (Å²) in [7, 11) is 0. The quantitative estimate of drug-likeness (QED) is 0.516. The number of rotatable bonds is 7. The van der Waals surface area contributed by atoms with Gasteiger partial charge in [-0.3, -0.25) is 14.5 Å². The number of ether oxygens (including phenoxy) is 2. The molecule has 0 aliphatic carbocycles. The average molecular weight is 385 g/mol. The maximum atomic E-state index is 12.3. The highest BCUT2D eigenvalue weighted by Gasteiger charge is 2.35. The number of hydrogen-bond donors (Lipinski definition) is 0. The number of carbonyl (C=O) groups excluding carboxylic acids is 2. The molecular formula is C21H23NO4S. The van der Waals surface area contributed by atoms with Crippen LogP contribution in [0.25, 0.3) is 0 Å². The van der Waals surface area contributed by atoms with Crippen LogP contribution in [0.4, 0.5) is 5.69 Å². The highest BCUT2D eigenvalue weighted by atomic mass is 32.2. The van der Waals surface area contributed by atoms with Crippen molar-refractivity contribution in [1.82, 2.24) is 0 Å². The van der Waals surface area contributed by atoms with E-state index in [1.165, 1.54) is 0 Å².